The Labute approximate surface area is 158 Å². The van der Waals surface area contributed by atoms with E-state index in [9.17, 15) is 9.59 Å². The van der Waals surface area contributed by atoms with Crippen LogP contribution in [0.1, 0.15) is 24.3 Å². The third-order valence-corrected chi connectivity index (χ3v) is 5.68. The van der Waals surface area contributed by atoms with E-state index in [1.165, 1.54) is 0 Å². The summed E-state index contributed by atoms with van der Waals surface area (Å²) in [5.74, 6) is 0.123. The number of rotatable bonds is 4. The van der Waals surface area contributed by atoms with Crippen LogP contribution in [0.15, 0.2) is 53.9 Å². The van der Waals surface area contributed by atoms with Crippen molar-refractivity contribution in [2.24, 2.45) is 0 Å². The largest absolute Gasteiger partial charge is 0.338 e. The molecule has 0 unspecified atom stereocenters. The summed E-state index contributed by atoms with van der Waals surface area (Å²) >= 11 is 1.61. The number of carbonyl (C=O) groups is 2. The summed E-state index contributed by atoms with van der Waals surface area (Å²) < 4.78 is 0. The lowest BCUT2D eigenvalue weighted by Gasteiger charge is -2.38. The molecule has 1 aromatic heterocycles. The summed E-state index contributed by atoms with van der Waals surface area (Å²) in [5.41, 5.74) is 0.453. The van der Waals surface area contributed by atoms with Gasteiger partial charge in [0.1, 0.15) is 0 Å². The van der Waals surface area contributed by atoms with Gasteiger partial charge in [0.05, 0.1) is 5.41 Å². The summed E-state index contributed by atoms with van der Waals surface area (Å²) in [6.07, 6.45) is 3.47. The molecule has 1 fully saturated rings. The molecular weight excluding hydrogens is 344 g/mol. The van der Waals surface area contributed by atoms with Crippen LogP contribution < -0.4 is 0 Å². The molecule has 0 bridgehead atoms. The van der Waals surface area contributed by atoms with Crippen LogP contribution >= 0.6 is 11.3 Å². The molecular formula is C21H24N2O2S. The number of benzene rings is 1. The standard InChI is InChI=1S/C21H24N2O2S/c1-21(2,17-7-4-3-5-8-17)20(25)23-14-12-22(13-15-23)19(24)11-10-18-9-6-16-26-18/h3-11,16H,12-15H2,1-2H3/b11-10+. The van der Waals surface area contributed by atoms with Crippen LogP contribution in [0.2, 0.25) is 0 Å². The topological polar surface area (TPSA) is 40.6 Å². The van der Waals surface area contributed by atoms with Crippen LogP contribution in [0.5, 0.6) is 0 Å². The summed E-state index contributed by atoms with van der Waals surface area (Å²) in [6, 6.07) is 13.8. The van der Waals surface area contributed by atoms with Crippen molar-refractivity contribution < 1.29 is 9.59 Å². The molecule has 3 rings (SSSR count). The van der Waals surface area contributed by atoms with Crippen LogP contribution in [-0.4, -0.2) is 47.8 Å². The van der Waals surface area contributed by atoms with Gasteiger partial charge in [0, 0.05) is 37.1 Å². The van der Waals surface area contributed by atoms with Crippen molar-refractivity contribution in [2.45, 2.75) is 19.3 Å². The Balaban J connectivity index is 1.58. The first-order valence-electron chi connectivity index (χ1n) is 8.84. The van der Waals surface area contributed by atoms with Crippen LogP contribution in [-0.2, 0) is 15.0 Å². The molecule has 0 radical (unpaired) electrons. The van der Waals surface area contributed by atoms with Gasteiger partial charge in [0.2, 0.25) is 11.8 Å². The van der Waals surface area contributed by atoms with E-state index in [-0.39, 0.29) is 11.8 Å². The van der Waals surface area contributed by atoms with Gasteiger partial charge in [-0.05, 0) is 36.9 Å². The molecule has 4 nitrogen and oxygen atoms in total. The molecule has 5 heteroatoms. The molecule has 2 heterocycles. The number of thiophene rings is 1. The lowest BCUT2D eigenvalue weighted by atomic mass is 9.83. The van der Waals surface area contributed by atoms with Gasteiger partial charge in [-0.2, -0.15) is 0 Å². The normalized spacial score (nSPS) is 15.5. The van der Waals surface area contributed by atoms with Crippen molar-refractivity contribution in [1.29, 1.82) is 0 Å². The van der Waals surface area contributed by atoms with Crippen molar-refractivity contribution in [3.05, 3.63) is 64.4 Å². The zero-order valence-electron chi connectivity index (χ0n) is 15.2. The first kappa shape index (κ1) is 18.4. The first-order valence-corrected chi connectivity index (χ1v) is 9.72. The third kappa shape index (κ3) is 4.05. The van der Waals surface area contributed by atoms with Crippen LogP contribution in [0.25, 0.3) is 6.08 Å². The minimum atomic E-state index is -0.563. The molecule has 26 heavy (non-hydrogen) atoms. The van der Waals surface area contributed by atoms with Crippen molar-refractivity contribution in [3.63, 3.8) is 0 Å². The average molecular weight is 369 g/mol. The van der Waals surface area contributed by atoms with Crippen LogP contribution in [0.3, 0.4) is 0 Å². The lowest BCUT2D eigenvalue weighted by molar-refractivity contribution is -0.141. The van der Waals surface area contributed by atoms with Crippen molar-refractivity contribution >= 4 is 29.2 Å². The minimum absolute atomic E-state index is 0.00724. The lowest BCUT2D eigenvalue weighted by Crippen LogP contribution is -2.54. The monoisotopic (exact) mass is 368 g/mol. The van der Waals surface area contributed by atoms with Crippen molar-refractivity contribution in [2.75, 3.05) is 26.2 Å². The number of carbonyl (C=O) groups excluding carboxylic acids is 2. The van der Waals surface area contributed by atoms with E-state index < -0.39 is 5.41 Å². The van der Waals surface area contributed by atoms with E-state index in [2.05, 4.69) is 0 Å². The van der Waals surface area contributed by atoms with Crippen LogP contribution in [0.4, 0.5) is 0 Å². The molecule has 0 aliphatic carbocycles. The molecule has 1 aliphatic rings. The highest BCUT2D eigenvalue weighted by atomic mass is 32.1. The number of nitrogens with zero attached hydrogens (tertiary/aromatic N) is 2. The Hall–Kier alpha value is -2.40. The van der Waals surface area contributed by atoms with E-state index in [0.717, 1.165) is 10.4 Å². The zero-order chi connectivity index (χ0) is 18.6. The van der Waals surface area contributed by atoms with E-state index in [4.69, 9.17) is 0 Å². The van der Waals surface area contributed by atoms with Gasteiger partial charge in [-0.1, -0.05) is 36.4 Å². The molecule has 0 atom stereocenters. The quantitative estimate of drug-likeness (QED) is 0.776. The molecule has 2 amide bonds. The molecule has 1 aliphatic heterocycles. The third-order valence-electron chi connectivity index (χ3n) is 4.84. The molecule has 0 spiro atoms. The Bertz CT molecular complexity index is 774. The second-order valence-corrected chi connectivity index (χ2v) is 7.94. The Kier molecular flexibility index (Phi) is 5.57. The second kappa shape index (κ2) is 7.87. The summed E-state index contributed by atoms with van der Waals surface area (Å²) in [6.45, 7) is 6.23. The Morgan fingerprint density at radius 3 is 2.23 bits per heavy atom. The average Bonchev–Trinajstić information content (AvgIpc) is 3.20. The zero-order valence-corrected chi connectivity index (χ0v) is 16.0. The highest BCUT2D eigenvalue weighted by molar-refractivity contribution is 7.10. The second-order valence-electron chi connectivity index (χ2n) is 6.96. The van der Waals surface area contributed by atoms with Gasteiger partial charge in [-0.15, -0.1) is 11.3 Å². The highest BCUT2D eigenvalue weighted by Gasteiger charge is 2.35. The predicted octanol–water partition coefficient (Wildman–Crippen LogP) is 3.41. The maximum absolute atomic E-state index is 13.0. The molecule has 136 valence electrons. The Morgan fingerprint density at radius 1 is 0.962 bits per heavy atom. The fraction of sp³-hybridized carbons (Fsp3) is 0.333. The highest BCUT2D eigenvalue weighted by Crippen LogP contribution is 2.26. The SMILES string of the molecule is CC(C)(C(=O)N1CCN(C(=O)/C=C/c2cccs2)CC1)c1ccccc1. The van der Waals surface area contributed by atoms with E-state index in [1.54, 1.807) is 17.4 Å². The summed E-state index contributed by atoms with van der Waals surface area (Å²) in [5, 5.41) is 1.99. The van der Waals surface area contributed by atoms with E-state index in [1.807, 2.05) is 77.6 Å². The number of hydrogen-bond acceptors (Lipinski definition) is 3. The predicted molar refractivity (Wildman–Crippen MR) is 106 cm³/mol. The minimum Gasteiger partial charge on any atom is -0.338 e. The fourth-order valence-corrected chi connectivity index (χ4v) is 3.77. The summed E-state index contributed by atoms with van der Waals surface area (Å²) in [7, 11) is 0. The van der Waals surface area contributed by atoms with Crippen molar-refractivity contribution in [3.8, 4) is 0 Å². The van der Waals surface area contributed by atoms with Crippen LogP contribution in [0, 0.1) is 0 Å². The van der Waals surface area contributed by atoms with Gasteiger partial charge >= 0.3 is 0 Å². The number of hydrogen-bond donors (Lipinski definition) is 0. The van der Waals surface area contributed by atoms with Crippen molar-refractivity contribution in [1.82, 2.24) is 9.80 Å². The Morgan fingerprint density at radius 2 is 1.62 bits per heavy atom. The first-order chi connectivity index (χ1) is 12.5. The van der Waals surface area contributed by atoms with Gasteiger partial charge in [-0.25, -0.2) is 0 Å². The number of piperazine rings is 1. The van der Waals surface area contributed by atoms with E-state index >= 15 is 0 Å². The smallest absolute Gasteiger partial charge is 0.246 e. The van der Waals surface area contributed by atoms with Gasteiger partial charge < -0.3 is 9.80 Å². The van der Waals surface area contributed by atoms with Gasteiger partial charge in [-0.3, -0.25) is 9.59 Å². The number of amides is 2. The molecule has 1 aromatic carbocycles. The maximum atomic E-state index is 13.0. The van der Waals surface area contributed by atoms with Gasteiger partial charge in [0.15, 0.2) is 0 Å². The maximum Gasteiger partial charge on any atom is 0.246 e. The van der Waals surface area contributed by atoms with E-state index in [0.29, 0.717) is 26.2 Å². The molecule has 0 N–H and O–H groups in total. The van der Waals surface area contributed by atoms with Gasteiger partial charge in [0.25, 0.3) is 0 Å². The molecule has 1 saturated heterocycles. The molecule has 0 saturated carbocycles. The molecule has 2 aromatic rings. The summed E-state index contributed by atoms with van der Waals surface area (Å²) in [4.78, 5) is 30.1. The fourth-order valence-electron chi connectivity index (χ4n) is 3.15.